The van der Waals surface area contributed by atoms with Crippen LogP contribution in [0.15, 0.2) is 77.7 Å². The lowest BCUT2D eigenvalue weighted by molar-refractivity contribution is -0.255. The van der Waals surface area contributed by atoms with Gasteiger partial charge in [0.1, 0.15) is 23.1 Å². The second kappa shape index (κ2) is 8.85. The predicted octanol–water partition coefficient (Wildman–Crippen LogP) is 2.25. The van der Waals surface area contributed by atoms with E-state index in [1.807, 2.05) is 30.3 Å². The maximum atomic E-state index is 13.9. The molecule has 3 rings (SSSR count). The molecule has 0 aromatic heterocycles. The van der Waals surface area contributed by atoms with Crippen LogP contribution in [0.5, 0.6) is 5.75 Å². The first kappa shape index (κ1) is 20.5. The zero-order valence-electron chi connectivity index (χ0n) is 15.2. The highest BCUT2D eigenvalue weighted by Crippen LogP contribution is 2.18. The van der Waals surface area contributed by atoms with Crippen LogP contribution in [-0.4, -0.2) is 14.4 Å². The van der Waals surface area contributed by atoms with Crippen LogP contribution in [0.2, 0.25) is 0 Å². The fourth-order valence-corrected chi connectivity index (χ4v) is 3.66. The minimum absolute atomic E-state index is 0.101. The molecule has 3 aromatic rings. The number of carbonyl (C=O) groups is 1. The standard InChI is InChI=1S/C21H18FNO5S/c22-19-11-8-17(21(24)25)12-20(19)29(26,27)23-13-15-6-9-18(10-7-15)28-14-16-4-2-1-3-5-16/h1-12,23H,13-14H2,(H,24,25)/p-1. The predicted molar refractivity (Wildman–Crippen MR) is 102 cm³/mol. The largest absolute Gasteiger partial charge is 0.545 e. The van der Waals surface area contributed by atoms with E-state index in [4.69, 9.17) is 4.74 Å². The van der Waals surface area contributed by atoms with E-state index >= 15 is 0 Å². The minimum atomic E-state index is -4.25. The molecule has 0 unspecified atom stereocenters. The Bertz CT molecular complexity index is 1100. The number of hydrogen-bond acceptors (Lipinski definition) is 5. The van der Waals surface area contributed by atoms with E-state index in [-0.39, 0.29) is 6.54 Å². The summed E-state index contributed by atoms with van der Waals surface area (Å²) in [7, 11) is -4.25. The third-order valence-electron chi connectivity index (χ3n) is 4.09. The molecule has 29 heavy (non-hydrogen) atoms. The summed E-state index contributed by atoms with van der Waals surface area (Å²) in [5, 5.41) is 10.9. The molecule has 0 bridgehead atoms. The van der Waals surface area contributed by atoms with Crippen LogP contribution in [0.3, 0.4) is 0 Å². The van der Waals surface area contributed by atoms with Gasteiger partial charge in [0.2, 0.25) is 10.0 Å². The summed E-state index contributed by atoms with van der Waals surface area (Å²) in [4.78, 5) is 10.1. The smallest absolute Gasteiger partial charge is 0.243 e. The minimum Gasteiger partial charge on any atom is -0.545 e. The van der Waals surface area contributed by atoms with Crippen molar-refractivity contribution in [1.29, 1.82) is 0 Å². The zero-order valence-corrected chi connectivity index (χ0v) is 16.0. The topological polar surface area (TPSA) is 95.5 Å². The Labute approximate surface area is 167 Å². The molecular weight excluding hydrogens is 397 g/mol. The number of rotatable bonds is 8. The van der Waals surface area contributed by atoms with Gasteiger partial charge in [-0.05, 0) is 41.0 Å². The third kappa shape index (κ3) is 5.40. The second-order valence-corrected chi connectivity index (χ2v) is 7.91. The van der Waals surface area contributed by atoms with E-state index in [2.05, 4.69) is 4.72 Å². The fourth-order valence-electron chi connectivity index (χ4n) is 2.54. The summed E-state index contributed by atoms with van der Waals surface area (Å²) < 4.78 is 46.5. The van der Waals surface area contributed by atoms with Crippen LogP contribution >= 0.6 is 0 Å². The van der Waals surface area contributed by atoms with Crippen LogP contribution in [-0.2, 0) is 23.2 Å². The van der Waals surface area contributed by atoms with Crippen LogP contribution in [0, 0.1) is 5.82 Å². The SMILES string of the molecule is O=C([O-])c1ccc(F)c(S(=O)(=O)NCc2ccc(OCc3ccccc3)cc2)c1. The molecule has 0 saturated carbocycles. The van der Waals surface area contributed by atoms with Crippen molar-refractivity contribution >= 4 is 16.0 Å². The van der Waals surface area contributed by atoms with Gasteiger partial charge in [0.25, 0.3) is 0 Å². The van der Waals surface area contributed by atoms with Crippen molar-refractivity contribution in [3.05, 3.63) is 95.3 Å². The number of carboxylic acids is 1. The maximum absolute atomic E-state index is 13.9. The number of sulfonamides is 1. The van der Waals surface area contributed by atoms with E-state index in [9.17, 15) is 22.7 Å². The Morgan fingerprint density at radius 2 is 1.66 bits per heavy atom. The van der Waals surface area contributed by atoms with Crippen LogP contribution < -0.4 is 14.6 Å². The Balaban J connectivity index is 1.63. The summed E-state index contributed by atoms with van der Waals surface area (Å²) in [6.07, 6.45) is 0. The van der Waals surface area contributed by atoms with Crippen molar-refractivity contribution in [3.63, 3.8) is 0 Å². The molecule has 8 heteroatoms. The van der Waals surface area contributed by atoms with Gasteiger partial charge in [-0.1, -0.05) is 48.5 Å². The number of benzene rings is 3. The second-order valence-electron chi connectivity index (χ2n) is 6.18. The molecule has 0 spiro atoms. The molecule has 0 aliphatic rings. The molecular formula is C21H17FNO5S-. The first-order chi connectivity index (χ1) is 13.8. The maximum Gasteiger partial charge on any atom is 0.243 e. The molecule has 0 fully saturated rings. The Kier molecular flexibility index (Phi) is 6.26. The number of ether oxygens (including phenoxy) is 1. The lowest BCUT2D eigenvalue weighted by Crippen LogP contribution is -2.26. The molecule has 0 heterocycles. The van der Waals surface area contributed by atoms with Crippen molar-refractivity contribution in [2.75, 3.05) is 0 Å². The molecule has 3 aromatic carbocycles. The lowest BCUT2D eigenvalue weighted by Gasteiger charge is -2.11. The van der Waals surface area contributed by atoms with Gasteiger partial charge in [-0.2, -0.15) is 0 Å². The first-order valence-electron chi connectivity index (χ1n) is 8.61. The Hall–Kier alpha value is -3.23. The van der Waals surface area contributed by atoms with Crippen molar-refractivity contribution in [2.45, 2.75) is 18.0 Å². The van der Waals surface area contributed by atoms with Crippen molar-refractivity contribution in [2.24, 2.45) is 0 Å². The normalized spacial score (nSPS) is 11.2. The fraction of sp³-hybridized carbons (Fsp3) is 0.0952. The average molecular weight is 414 g/mol. The summed E-state index contributed by atoms with van der Waals surface area (Å²) in [6.45, 7) is 0.303. The molecule has 0 saturated heterocycles. The van der Waals surface area contributed by atoms with Crippen LogP contribution in [0.1, 0.15) is 21.5 Å². The monoisotopic (exact) mass is 414 g/mol. The highest BCUT2D eigenvalue weighted by atomic mass is 32.2. The van der Waals surface area contributed by atoms with Gasteiger partial charge >= 0.3 is 0 Å². The summed E-state index contributed by atoms with van der Waals surface area (Å²) >= 11 is 0. The van der Waals surface area contributed by atoms with Gasteiger partial charge < -0.3 is 14.6 Å². The van der Waals surface area contributed by atoms with E-state index in [0.29, 0.717) is 17.9 Å². The lowest BCUT2D eigenvalue weighted by atomic mass is 10.2. The molecule has 150 valence electrons. The van der Waals surface area contributed by atoms with Gasteiger partial charge in [-0.3, -0.25) is 0 Å². The van der Waals surface area contributed by atoms with Crippen LogP contribution in [0.4, 0.5) is 4.39 Å². The molecule has 0 aliphatic carbocycles. The number of halogens is 1. The van der Waals surface area contributed by atoms with Gasteiger partial charge in [0, 0.05) is 6.54 Å². The van der Waals surface area contributed by atoms with Crippen molar-refractivity contribution < 1.29 is 27.4 Å². The molecule has 0 aliphatic heterocycles. The van der Waals surface area contributed by atoms with Gasteiger partial charge in [0.05, 0.1) is 5.97 Å². The quantitative estimate of drug-likeness (QED) is 0.610. The Morgan fingerprint density at radius 3 is 2.31 bits per heavy atom. The first-order valence-corrected chi connectivity index (χ1v) is 10.1. The van der Waals surface area contributed by atoms with E-state index in [1.54, 1.807) is 24.3 Å². The average Bonchev–Trinajstić information content (AvgIpc) is 2.72. The number of aromatic carboxylic acids is 1. The van der Waals surface area contributed by atoms with Gasteiger partial charge in [0.15, 0.2) is 0 Å². The summed E-state index contributed by atoms with van der Waals surface area (Å²) in [5.74, 6) is -2.02. The zero-order chi connectivity index (χ0) is 20.9. The number of nitrogens with one attached hydrogen (secondary N) is 1. The van der Waals surface area contributed by atoms with E-state index in [0.717, 1.165) is 23.8 Å². The molecule has 1 N–H and O–H groups in total. The van der Waals surface area contributed by atoms with E-state index < -0.39 is 32.3 Å². The van der Waals surface area contributed by atoms with Crippen LogP contribution in [0.25, 0.3) is 0 Å². The van der Waals surface area contributed by atoms with Gasteiger partial charge in [-0.25, -0.2) is 17.5 Å². The number of hydrogen-bond donors (Lipinski definition) is 1. The highest BCUT2D eigenvalue weighted by Gasteiger charge is 2.19. The highest BCUT2D eigenvalue weighted by molar-refractivity contribution is 7.89. The van der Waals surface area contributed by atoms with E-state index in [1.165, 1.54) is 0 Å². The van der Waals surface area contributed by atoms with Gasteiger partial charge in [-0.15, -0.1) is 0 Å². The molecule has 0 amide bonds. The van der Waals surface area contributed by atoms with Crippen molar-refractivity contribution in [1.82, 2.24) is 4.72 Å². The molecule has 6 nitrogen and oxygen atoms in total. The summed E-state index contributed by atoms with van der Waals surface area (Å²) in [5.41, 5.74) is 1.22. The summed E-state index contributed by atoms with van der Waals surface area (Å²) in [6, 6.07) is 18.8. The van der Waals surface area contributed by atoms with Crippen molar-refractivity contribution in [3.8, 4) is 5.75 Å². The third-order valence-corrected chi connectivity index (χ3v) is 5.51. The Morgan fingerprint density at radius 1 is 0.966 bits per heavy atom. The molecule has 0 radical (unpaired) electrons. The molecule has 0 atom stereocenters. The number of carboxylic acid groups (broad SMARTS) is 1. The number of carbonyl (C=O) groups excluding carboxylic acids is 1.